The first-order valence-electron chi connectivity index (χ1n) is 10.1. The van der Waals surface area contributed by atoms with Crippen molar-refractivity contribution in [3.8, 4) is 22.8 Å². The van der Waals surface area contributed by atoms with Crippen LogP contribution in [0.2, 0.25) is 0 Å². The number of amides is 1. The van der Waals surface area contributed by atoms with Crippen LogP contribution < -0.4 is 14.4 Å². The number of sulfone groups is 1. The van der Waals surface area contributed by atoms with Gasteiger partial charge in [0.2, 0.25) is 5.91 Å². The maximum atomic E-state index is 13.1. The Morgan fingerprint density at radius 2 is 1.84 bits per heavy atom. The van der Waals surface area contributed by atoms with Gasteiger partial charge in [-0.05, 0) is 56.3 Å². The summed E-state index contributed by atoms with van der Waals surface area (Å²) in [7, 11) is -0.797. The molecule has 1 amide bonds. The lowest BCUT2D eigenvalue weighted by Gasteiger charge is -2.18. The first-order valence-corrected chi connectivity index (χ1v) is 11.7. The van der Waals surface area contributed by atoms with E-state index in [1.54, 1.807) is 56.4 Å². The molecule has 0 radical (unpaired) electrons. The van der Waals surface area contributed by atoms with Crippen molar-refractivity contribution >= 4 is 21.4 Å². The number of anilines is 1. The van der Waals surface area contributed by atoms with Gasteiger partial charge >= 0.3 is 0 Å². The van der Waals surface area contributed by atoms with Crippen molar-refractivity contribution in [3.63, 3.8) is 0 Å². The van der Waals surface area contributed by atoms with Gasteiger partial charge in [0, 0.05) is 30.8 Å². The summed E-state index contributed by atoms with van der Waals surface area (Å²) < 4.78 is 42.0. The van der Waals surface area contributed by atoms with Gasteiger partial charge in [0.15, 0.2) is 15.6 Å². The molecule has 0 atom stereocenters. The highest BCUT2D eigenvalue weighted by Gasteiger charge is 2.24. The minimum absolute atomic E-state index is 0.00285. The Morgan fingerprint density at radius 1 is 1.12 bits per heavy atom. The second kappa shape index (κ2) is 9.86. The van der Waals surface area contributed by atoms with Crippen molar-refractivity contribution in [2.45, 2.75) is 25.2 Å². The molecule has 32 heavy (non-hydrogen) atoms. The van der Waals surface area contributed by atoms with Crippen LogP contribution in [0, 0.1) is 6.92 Å². The molecule has 0 saturated carbocycles. The fourth-order valence-corrected chi connectivity index (χ4v) is 4.58. The van der Waals surface area contributed by atoms with Gasteiger partial charge in [0.25, 0.3) is 0 Å². The molecule has 0 aliphatic heterocycles. The number of ether oxygens (including phenoxy) is 2. The van der Waals surface area contributed by atoms with Gasteiger partial charge in [0.1, 0.15) is 16.4 Å². The first kappa shape index (κ1) is 23.3. The summed E-state index contributed by atoms with van der Waals surface area (Å²) in [5.41, 5.74) is 1.89. The summed E-state index contributed by atoms with van der Waals surface area (Å²) in [6.45, 7) is 4.22. The summed E-state index contributed by atoms with van der Waals surface area (Å²) in [4.78, 5) is 14.1. The largest absolute Gasteiger partial charge is 0.495 e. The van der Waals surface area contributed by atoms with Crippen molar-refractivity contribution in [3.05, 3.63) is 54.2 Å². The van der Waals surface area contributed by atoms with Crippen LogP contribution in [-0.2, 0) is 14.6 Å². The zero-order chi connectivity index (χ0) is 23.3. The number of aryl methyl sites for hydroxylation is 1. The lowest BCUT2D eigenvalue weighted by atomic mass is 10.1. The number of hydrogen-bond donors (Lipinski definition) is 0. The molecular formula is C23H26N2O6S. The normalized spacial score (nSPS) is 11.2. The van der Waals surface area contributed by atoms with Crippen LogP contribution in [0.5, 0.6) is 11.5 Å². The van der Waals surface area contributed by atoms with E-state index < -0.39 is 9.84 Å². The predicted octanol–water partition coefficient (Wildman–Crippen LogP) is 3.88. The molecule has 0 aliphatic rings. The molecule has 1 aromatic heterocycles. The third kappa shape index (κ3) is 5.28. The molecule has 3 aromatic rings. The van der Waals surface area contributed by atoms with Crippen LogP contribution in [0.25, 0.3) is 11.3 Å². The Bertz CT molecular complexity index is 1190. The van der Waals surface area contributed by atoms with Crippen LogP contribution in [0.1, 0.15) is 19.0 Å². The van der Waals surface area contributed by atoms with E-state index in [9.17, 15) is 13.2 Å². The molecule has 0 N–H and O–H groups in total. The second-order valence-electron chi connectivity index (χ2n) is 7.15. The second-order valence-corrected chi connectivity index (χ2v) is 9.22. The molecule has 2 aromatic carbocycles. The average Bonchev–Trinajstić information content (AvgIpc) is 3.23. The number of nitrogens with zero attached hydrogens (tertiary/aromatic N) is 2. The highest BCUT2D eigenvalue weighted by molar-refractivity contribution is 7.91. The van der Waals surface area contributed by atoms with Gasteiger partial charge in [-0.15, -0.1) is 0 Å². The van der Waals surface area contributed by atoms with E-state index in [1.807, 2.05) is 6.92 Å². The Hall–Kier alpha value is -3.33. The average molecular weight is 459 g/mol. The minimum Gasteiger partial charge on any atom is -0.495 e. The van der Waals surface area contributed by atoms with Crippen molar-refractivity contribution in [2.24, 2.45) is 0 Å². The van der Waals surface area contributed by atoms with Crippen molar-refractivity contribution < 1.29 is 27.2 Å². The van der Waals surface area contributed by atoms with Crippen LogP contribution in [0.3, 0.4) is 0 Å². The smallest absolute Gasteiger partial charge is 0.227 e. The number of aromatic nitrogens is 1. The number of hydrogen-bond acceptors (Lipinski definition) is 7. The number of carbonyl (C=O) groups is 1. The van der Waals surface area contributed by atoms with Gasteiger partial charge in [-0.2, -0.15) is 0 Å². The maximum absolute atomic E-state index is 13.1. The van der Waals surface area contributed by atoms with Crippen molar-refractivity contribution in [1.29, 1.82) is 0 Å². The van der Waals surface area contributed by atoms with Crippen LogP contribution in [0.15, 0.2) is 57.9 Å². The van der Waals surface area contributed by atoms with Gasteiger partial charge in [-0.1, -0.05) is 5.16 Å². The van der Waals surface area contributed by atoms with E-state index >= 15 is 0 Å². The van der Waals surface area contributed by atoms with Crippen LogP contribution >= 0.6 is 0 Å². The fraction of sp³-hybridized carbons (Fsp3) is 0.304. The molecule has 0 saturated heterocycles. The van der Waals surface area contributed by atoms with E-state index in [2.05, 4.69) is 5.16 Å². The van der Waals surface area contributed by atoms with Crippen LogP contribution in [-0.4, -0.2) is 46.0 Å². The third-order valence-corrected chi connectivity index (χ3v) is 6.64. The molecular weight excluding hydrogens is 432 g/mol. The molecule has 9 heteroatoms. The molecule has 3 rings (SSSR count). The zero-order valence-electron chi connectivity index (χ0n) is 18.5. The molecule has 170 valence electrons. The number of rotatable bonds is 9. The van der Waals surface area contributed by atoms with E-state index in [-0.39, 0.29) is 28.7 Å². The van der Waals surface area contributed by atoms with Gasteiger partial charge in [0.05, 0.1) is 25.2 Å². The summed E-state index contributed by atoms with van der Waals surface area (Å²) in [5.74, 6) is 0.681. The van der Waals surface area contributed by atoms with Gasteiger partial charge in [-0.25, -0.2) is 8.42 Å². The SMILES string of the molecule is CCOc1ccc(N(C)C(=O)CCS(=O)(=O)c2cc(-c3cc(C)no3)ccc2OC)cc1. The Kier molecular flexibility index (Phi) is 7.19. The highest BCUT2D eigenvalue weighted by atomic mass is 32.2. The molecule has 0 spiro atoms. The molecule has 0 fully saturated rings. The Labute approximate surface area is 187 Å². The predicted molar refractivity (Wildman–Crippen MR) is 121 cm³/mol. The van der Waals surface area contributed by atoms with Gasteiger partial charge < -0.3 is 18.9 Å². The quantitative estimate of drug-likeness (QED) is 0.480. The van der Waals surface area contributed by atoms with E-state index in [0.717, 1.165) is 0 Å². The number of methoxy groups -OCH3 is 1. The molecule has 0 aliphatic carbocycles. The van der Waals surface area contributed by atoms with E-state index in [0.29, 0.717) is 35.1 Å². The summed E-state index contributed by atoms with van der Waals surface area (Å²) in [5, 5.41) is 3.84. The molecule has 0 unspecified atom stereocenters. The lowest BCUT2D eigenvalue weighted by molar-refractivity contribution is -0.117. The monoisotopic (exact) mass is 458 g/mol. The first-order chi connectivity index (χ1) is 15.2. The van der Waals surface area contributed by atoms with Crippen molar-refractivity contribution in [1.82, 2.24) is 5.16 Å². The molecule has 0 bridgehead atoms. The highest BCUT2D eigenvalue weighted by Crippen LogP contribution is 2.31. The third-order valence-electron chi connectivity index (χ3n) is 4.90. The molecule has 8 nitrogen and oxygen atoms in total. The van der Waals surface area contributed by atoms with E-state index in [1.165, 1.54) is 18.1 Å². The summed E-state index contributed by atoms with van der Waals surface area (Å²) >= 11 is 0. The van der Waals surface area contributed by atoms with Gasteiger partial charge in [-0.3, -0.25) is 4.79 Å². The molecule has 1 heterocycles. The van der Waals surface area contributed by atoms with E-state index in [4.69, 9.17) is 14.0 Å². The Morgan fingerprint density at radius 3 is 2.44 bits per heavy atom. The minimum atomic E-state index is -3.81. The summed E-state index contributed by atoms with van der Waals surface area (Å²) in [6, 6.07) is 13.5. The van der Waals surface area contributed by atoms with Crippen LogP contribution in [0.4, 0.5) is 5.69 Å². The summed E-state index contributed by atoms with van der Waals surface area (Å²) in [6.07, 6.45) is -0.180. The zero-order valence-corrected chi connectivity index (χ0v) is 19.3. The topological polar surface area (TPSA) is 98.9 Å². The number of carbonyl (C=O) groups excluding carboxylic acids is 1. The maximum Gasteiger partial charge on any atom is 0.227 e. The van der Waals surface area contributed by atoms with Crippen molar-refractivity contribution in [2.75, 3.05) is 31.4 Å². The standard InChI is InChI=1S/C23H26N2O6S/c1-5-30-19-9-7-18(8-10-19)25(3)23(26)12-13-32(27,28)22-15-17(6-11-20(22)29-4)21-14-16(2)24-31-21/h6-11,14-15H,5,12-13H2,1-4H3. The lowest BCUT2D eigenvalue weighted by Crippen LogP contribution is -2.28. The Balaban J connectivity index is 1.76. The fourth-order valence-electron chi connectivity index (χ4n) is 3.15. The number of benzene rings is 2.